The Kier molecular flexibility index (Phi) is 6.44. The molecule has 7 nitrogen and oxygen atoms in total. The van der Waals surface area contributed by atoms with Gasteiger partial charge in [-0.3, -0.25) is 23.9 Å². The molecule has 0 aliphatic heterocycles. The van der Waals surface area contributed by atoms with Gasteiger partial charge in [-0.05, 0) is 42.0 Å². The fourth-order valence-electron chi connectivity index (χ4n) is 3.52. The van der Waals surface area contributed by atoms with E-state index in [1.165, 1.54) is 58.9 Å². The molecule has 0 saturated heterocycles. The fraction of sp³-hybridized carbons (Fsp3) is 0.120. The van der Waals surface area contributed by atoms with Crippen molar-refractivity contribution in [3.8, 4) is 0 Å². The number of carbonyl (C=O) groups excluding carboxylic acids is 2. The highest BCUT2D eigenvalue weighted by Crippen LogP contribution is 2.18. The molecule has 0 radical (unpaired) electrons. The number of rotatable bonds is 6. The van der Waals surface area contributed by atoms with Crippen LogP contribution in [-0.4, -0.2) is 21.4 Å². The lowest BCUT2D eigenvalue weighted by Gasteiger charge is -2.21. The topological polar surface area (TPSA) is 84.3 Å². The van der Waals surface area contributed by atoms with Crippen LogP contribution in [0.15, 0.2) is 77.6 Å². The summed E-state index contributed by atoms with van der Waals surface area (Å²) in [5, 5.41) is 2.46. The maximum atomic E-state index is 14.0. The van der Waals surface area contributed by atoms with Crippen LogP contribution < -0.4 is 15.8 Å². The number of amides is 2. The van der Waals surface area contributed by atoms with Crippen LogP contribution in [0, 0.1) is 11.6 Å². The molecule has 9 heteroatoms. The molecule has 0 fully saturated rings. The number of aromatic nitrogens is 2. The molecule has 0 unspecified atom stereocenters. The van der Waals surface area contributed by atoms with Crippen molar-refractivity contribution in [2.45, 2.75) is 20.0 Å². The van der Waals surface area contributed by atoms with Gasteiger partial charge < -0.3 is 5.32 Å². The first-order valence-electron chi connectivity index (χ1n) is 10.4. The number of fused-ring (bicyclic) bond motifs is 1. The van der Waals surface area contributed by atoms with E-state index in [9.17, 15) is 23.2 Å². The fourth-order valence-corrected chi connectivity index (χ4v) is 3.52. The van der Waals surface area contributed by atoms with Crippen molar-refractivity contribution in [3.05, 3.63) is 100 Å². The molecule has 1 heterocycles. The monoisotopic (exact) mass is 462 g/mol. The van der Waals surface area contributed by atoms with Gasteiger partial charge in [0.15, 0.2) is 0 Å². The number of para-hydroxylation sites is 3. The molecule has 4 aromatic rings. The molecule has 0 aliphatic carbocycles. The molecule has 3 aromatic carbocycles. The lowest BCUT2D eigenvalue weighted by atomic mass is 10.2. The summed E-state index contributed by atoms with van der Waals surface area (Å²) >= 11 is 0. The summed E-state index contributed by atoms with van der Waals surface area (Å²) in [6.07, 6.45) is 0. The van der Waals surface area contributed by atoms with Crippen molar-refractivity contribution in [3.63, 3.8) is 0 Å². The molecule has 172 valence electrons. The second kappa shape index (κ2) is 9.62. The van der Waals surface area contributed by atoms with Crippen LogP contribution in [0.5, 0.6) is 0 Å². The summed E-state index contributed by atoms with van der Waals surface area (Å²) in [5.74, 6) is -2.28. The Bertz CT molecular complexity index is 1430. The minimum atomic E-state index is -0.667. The second-order valence-electron chi connectivity index (χ2n) is 7.58. The van der Waals surface area contributed by atoms with E-state index < -0.39 is 35.6 Å². The molecule has 0 bridgehead atoms. The zero-order valence-corrected chi connectivity index (χ0v) is 18.2. The molecule has 0 spiro atoms. The van der Waals surface area contributed by atoms with E-state index in [0.29, 0.717) is 16.6 Å². The van der Waals surface area contributed by atoms with Gasteiger partial charge in [0.2, 0.25) is 17.6 Å². The third-order valence-corrected chi connectivity index (χ3v) is 5.17. The summed E-state index contributed by atoms with van der Waals surface area (Å²) in [4.78, 5) is 44.1. The van der Waals surface area contributed by atoms with Crippen molar-refractivity contribution >= 4 is 34.4 Å². The van der Waals surface area contributed by atoms with Crippen LogP contribution in [0.2, 0.25) is 0 Å². The van der Waals surface area contributed by atoms with Gasteiger partial charge in [0.1, 0.15) is 18.2 Å². The van der Waals surface area contributed by atoms with Crippen LogP contribution in [-0.2, 0) is 22.7 Å². The van der Waals surface area contributed by atoms with Gasteiger partial charge in [-0.15, -0.1) is 0 Å². The number of hydrogen-bond donors (Lipinski definition) is 1. The van der Waals surface area contributed by atoms with Crippen LogP contribution in [0.3, 0.4) is 0 Å². The molecular formula is C25H20F2N4O3. The zero-order valence-electron chi connectivity index (χ0n) is 18.2. The first-order chi connectivity index (χ1) is 16.3. The maximum Gasteiger partial charge on any atom is 0.294 e. The highest BCUT2D eigenvalue weighted by Gasteiger charge is 2.22. The van der Waals surface area contributed by atoms with Gasteiger partial charge in [-0.2, -0.15) is 0 Å². The van der Waals surface area contributed by atoms with Crippen molar-refractivity contribution in [1.29, 1.82) is 0 Å². The average molecular weight is 462 g/mol. The molecule has 4 rings (SSSR count). The van der Waals surface area contributed by atoms with E-state index in [1.807, 2.05) is 0 Å². The van der Waals surface area contributed by atoms with Gasteiger partial charge in [0.05, 0.1) is 23.3 Å². The van der Waals surface area contributed by atoms with Gasteiger partial charge in [-0.1, -0.05) is 36.4 Å². The van der Waals surface area contributed by atoms with Crippen molar-refractivity contribution in [2.24, 2.45) is 0 Å². The normalized spacial score (nSPS) is 10.8. The molecule has 2 amide bonds. The molecule has 1 N–H and O–H groups in total. The predicted molar refractivity (Wildman–Crippen MR) is 124 cm³/mol. The summed E-state index contributed by atoms with van der Waals surface area (Å²) in [5.41, 5.74) is 0.682. The molecule has 0 atom stereocenters. The molecule has 34 heavy (non-hydrogen) atoms. The van der Waals surface area contributed by atoms with Crippen molar-refractivity contribution in [2.75, 3.05) is 10.2 Å². The van der Waals surface area contributed by atoms with Gasteiger partial charge in [-0.25, -0.2) is 13.8 Å². The van der Waals surface area contributed by atoms with E-state index >= 15 is 0 Å². The number of halogens is 2. The van der Waals surface area contributed by atoms with E-state index in [0.717, 1.165) is 0 Å². The van der Waals surface area contributed by atoms with Crippen LogP contribution in [0.4, 0.5) is 20.3 Å². The highest BCUT2D eigenvalue weighted by molar-refractivity contribution is 5.93. The third-order valence-electron chi connectivity index (χ3n) is 5.17. The number of carbonyl (C=O) groups is 2. The molecule has 1 aromatic heterocycles. The Balaban J connectivity index is 1.74. The number of hydrogen-bond acceptors (Lipinski definition) is 4. The number of anilines is 2. The summed E-state index contributed by atoms with van der Waals surface area (Å²) in [6.45, 7) is 0.845. The first kappa shape index (κ1) is 22.8. The number of nitrogens with zero attached hydrogens (tertiary/aromatic N) is 3. The van der Waals surface area contributed by atoms with Gasteiger partial charge in [0.25, 0.3) is 5.56 Å². The predicted octanol–water partition coefficient (Wildman–Crippen LogP) is 3.87. The van der Waals surface area contributed by atoms with Gasteiger partial charge >= 0.3 is 0 Å². The van der Waals surface area contributed by atoms with Crippen molar-refractivity contribution < 1.29 is 18.4 Å². The van der Waals surface area contributed by atoms with Crippen molar-refractivity contribution in [1.82, 2.24) is 9.55 Å². The Morgan fingerprint density at radius 1 is 0.971 bits per heavy atom. The molecule has 0 saturated carbocycles. The SMILES string of the molecule is CC(=O)N(Cc1ccc(F)cc1)c1nc2ccccc2n(CC(=O)Nc2ccccc2F)c1=O. The zero-order chi connectivity index (χ0) is 24.2. The Labute approximate surface area is 193 Å². The van der Waals surface area contributed by atoms with E-state index in [4.69, 9.17) is 0 Å². The summed E-state index contributed by atoms with van der Waals surface area (Å²) < 4.78 is 28.4. The van der Waals surface area contributed by atoms with Gasteiger partial charge in [0, 0.05) is 6.92 Å². The number of benzene rings is 3. The minimum Gasteiger partial charge on any atom is -0.322 e. The van der Waals surface area contributed by atoms with Crippen LogP contribution >= 0.6 is 0 Å². The lowest BCUT2D eigenvalue weighted by Crippen LogP contribution is -2.38. The van der Waals surface area contributed by atoms with E-state index in [2.05, 4.69) is 10.3 Å². The van der Waals surface area contributed by atoms with Crippen LogP contribution in [0.25, 0.3) is 11.0 Å². The Morgan fingerprint density at radius 3 is 2.35 bits per heavy atom. The summed E-state index contributed by atoms with van der Waals surface area (Å²) in [7, 11) is 0. The quantitative estimate of drug-likeness (QED) is 0.472. The highest BCUT2D eigenvalue weighted by atomic mass is 19.1. The molecular weight excluding hydrogens is 442 g/mol. The van der Waals surface area contributed by atoms with Crippen LogP contribution in [0.1, 0.15) is 12.5 Å². The second-order valence-corrected chi connectivity index (χ2v) is 7.58. The average Bonchev–Trinajstić information content (AvgIpc) is 2.82. The third kappa shape index (κ3) is 4.83. The maximum absolute atomic E-state index is 14.0. The Morgan fingerprint density at radius 2 is 1.65 bits per heavy atom. The van der Waals surface area contributed by atoms with E-state index in [1.54, 1.807) is 30.3 Å². The Hall–Kier alpha value is -4.40. The lowest BCUT2D eigenvalue weighted by molar-refractivity contribution is -0.117. The summed E-state index contributed by atoms with van der Waals surface area (Å²) in [6, 6.07) is 17.9. The first-order valence-corrected chi connectivity index (χ1v) is 10.4. The minimum absolute atomic E-state index is 0.0131. The van der Waals surface area contributed by atoms with E-state index in [-0.39, 0.29) is 18.1 Å². The smallest absolute Gasteiger partial charge is 0.294 e. The molecule has 0 aliphatic rings. The standard InChI is InChI=1S/C25H20F2N4O3/c1-16(32)30(14-17-10-12-18(26)13-11-17)24-25(34)31(22-9-5-4-8-21(22)29-24)15-23(33)28-20-7-3-2-6-19(20)27/h2-13H,14-15H2,1H3,(H,28,33). The largest absolute Gasteiger partial charge is 0.322 e. The number of nitrogens with one attached hydrogen (secondary N) is 1.